The van der Waals surface area contributed by atoms with Crippen molar-refractivity contribution in [1.82, 2.24) is 0 Å². The number of phenols is 1. The van der Waals surface area contributed by atoms with Crippen LogP contribution in [0.25, 0.3) is 0 Å². The topological polar surface area (TPSA) is 72.3 Å². The predicted octanol–water partition coefficient (Wildman–Crippen LogP) is 1.95. The number of halogens is 2. The first kappa shape index (κ1) is 12.5. The van der Waals surface area contributed by atoms with E-state index in [0.717, 1.165) is 19.1 Å². The molecule has 0 fully saturated rings. The Hall–Kier alpha value is 0.400. The molecule has 5 N–H and O–H groups in total. The second-order valence-electron chi connectivity index (χ2n) is 3.02. The first-order valence-corrected chi connectivity index (χ1v) is 6.35. The number of hydrogen-bond acceptors (Lipinski definition) is 3. The van der Waals surface area contributed by atoms with Gasteiger partial charge in [0.15, 0.2) is 0 Å². The normalized spacial score (nSPS) is 12.9. The van der Waals surface area contributed by atoms with Crippen molar-refractivity contribution < 1.29 is 5.11 Å². The van der Waals surface area contributed by atoms with Crippen molar-refractivity contribution in [3.05, 3.63) is 24.8 Å². The average Bonchev–Trinajstić information content (AvgIpc) is 2.13. The van der Waals surface area contributed by atoms with Crippen molar-refractivity contribution >= 4 is 45.2 Å². The average molecular weight is 418 g/mol. The van der Waals surface area contributed by atoms with Gasteiger partial charge in [0.05, 0.1) is 7.14 Å². The van der Waals surface area contributed by atoms with Gasteiger partial charge in [-0.05, 0) is 75.8 Å². The standard InChI is InChI=1S/C9H12I2N2O/c10-6-3-5(8(13)1-2-12)4-7(11)9(6)14/h3-4,8,14H,1-2,12-13H2. The van der Waals surface area contributed by atoms with Gasteiger partial charge in [0, 0.05) is 6.04 Å². The van der Waals surface area contributed by atoms with Crippen LogP contribution in [0.2, 0.25) is 0 Å². The first-order chi connectivity index (χ1) is 6.56. The number of benzene rings is 1. The number of rotatable bonds is 3. The van der Waals surface area contributed by atoms with Gasteiger partial charge in [-0.3, -0.25) is 0 Å². The van der Waals surface area contributed by atoms with E-state index < -0.39 is 0 Å². The Balaban J connectivity index is 3.00. The van der Waals surface area contributed by atoms with Gasteiger partial charge in [0.2, 0.25) is 0 Å². The number of phenolic OH excluding ortho intramolecular Hbond substituents is 1. The fourth-order valence-corrected chi connectivity index (χ4v) is 2.96. The van der Waals surface area contributed by atoms with Crippen molar-refractivity contribution in [2.24, 2.45) is 11.5 Å². The van der Waals surface area contributed by atoms with E-state index in [-0.39, 0.29) is 6.04 Å². The number of nitrogens with two attached hydrogens (primary N) is 2. The maximum absolute atomic E-state index is 9.56. The summed E-state index contributed by atoms with van der Waals surface area (Å²) in [6, 6.07) is 3.76. The van der Waals surface area contributed by atoms with Crippen LogP contribution in [0, 0.1) is 7.14 Å². The van der Waals surface area contributed by atoms with E-state index in [0.29, 0.717) is 12.3 Å². The molecule has 0 aliphatic carbocycles. The molecule has 0 saturated heterocycles. The summed E-state index contributed by atoms with van der Waals surface area (Å²) in [4.78, 5) is 0. The van der Waals surface area contributed by atoms with Gasteiger partial charge in [-0.15, -0.1) is 0 Å². The van der Waals surface area contributed by atoms with Crippen LogP contribution in [-0.4, -0.2) is 11.7 Å². The highest BCUT2D eigenvalue weighted by Gasteiger charge is 2.10. The molecular weight excluding hydrogens is 406 g/mol. The SMILES string of the molecule is NCCC(N)c1cc(I)c(O)c(I)c1. The molecule has 14 heavy (non-hydrogen) atoms. The molecule has 0 aromatic heterocycles. The van der Waals surface area contributed by atoms with E-state index in [1.807, 2.05) is 12.1 Å². The van der Waals surface area contributed by atoms with Gasteiger partial charge >= 0.3 is 0 Å². The molecule has 0 aliphatic rings. The summed E-state index contributed by atoms with van der Waals surface area (Å²) >= 11 is 4.19. The van der Waals surface area contributed by atoms with Gasteiger partial charge in [-0.2, -0.15) is 0 Å². The van der Waals surface area contributed by atoms with Crippen LogP contribution in [0.5, 0.6) is 5.75 Å². The van der Waals surface area contributed by atoms with Crippen molar-refractivity contribution in [3.63, 3.8) is 0 Å². The molecular formula is C9H12I2N2O. The molecule has 1 aromatic carbocycles. The van der Waals surface area contributed by atoms with Crippen LogP contribution in [0.3, 0.4) is 0 Å². The summed E-state index contributed by atoms with van der Waals surface area (Å²) in [7, 11) is 0. The van der Waals surface area contributed by atoms with Crippen LogP contribution in [0.15, 0.2) is 12.1 Å². The zero-order valence-corrected chi connectivity index (χ0v) is 11.8. The van der Waals surface area contributed by atoms with Crippen LogP contribution in [0.1, 0.15) is 18.0 Å². The van der Waals surface area contributed by atoms with Crippen LogP contribution in [0.4, 0.5) is 0 Å². The van der Waals surface area contributed by atoms with Gasteiger partial charge in [-0.1, -0.05) is 0 Å². The largest absolute Gasteiger partial charge is 0.506 e. The Morgan fingerprint density at radius 3 is 2.21 bits per heavy atom. The minimum Gasteiger partial charge on any atom is -0.506 e. The lowest BCUT2D eigenvalue weighted by molar-refractivity contribution is 0.467. The smallest absolute Gasteiger partial charge is 0.142 e. The number of aromatic hydroxyl groups is 1. The maximum Gasteiger partial charge on any atom is 0.142 e. The van der Waals surface area contributed by atoms with E-state index in [9.17, 15) is 5.11 Å². The fourth-order valence-electron chi connectivity index (χ4n) is 1.15. The minimum absolute atomic E-state index is 0.0392. The molecule has 0 amide bonds. The zero-order valence-electron chi connectivity index (χ0n) is 7.50. The highest BCUT2D eigenvalue weighted by Crippen LogP contribution is 2.29. The molecule has 0 bridgehead atoms. The molecule has 0 heterocycles. The molecule has 1 rings (SSSR count). The van der Waals surface area contributed by atoms with Crippen LogP contribution in [-0.2, 0) is 0 Å². The Morgan fingerprint density at radius 2 is 1.79 bits per heavy atom. The molecule has 0 radical (unpaired) electrons. The van der Waals surface area contributed by atoms with Gasteiger partial charge in [0.1, 0.15) is 5.75 Å². The Labute approximate surface area is 111 Å². The summed E-state index contributed by atoms with van der Waals surface area (Å²) in [5.74, 6) is 0.329. The van der Waals surface area contributed by atoms with Crippen LogP contribution < -0.4 is 11.5 Å². The molecule has 78 valence electrons. The van der Waals surface area contributed by atoms with Gasteiger partial charge in [-0.25, -0.2) is 0 Å². The molecule has 0 aliphatic heterocycles. The lowest BCUT2D eigenvalue weighted by Gasteiger charge is -2.12. The Bertz CT molecular complexity index is 308. The molecule has 5 heteroatoms. The van der Waals surface area contributed by atoms with Crippen molar-refractivity contribution in [2.45, 2.75) is 12.5 Å². The maximum atomic E-state index is 9.56. The third-order valence-corrected chi connectivity index (χ3v) is 3.59. The molecule has 1 unspecified atom stereocenters. The zero-order chi connectivity index (χ0) is 10.7. The summed E-state index contributed by atoms with van der Waals surface area (Å²) in [5, 5.41) is 9.56. The first-order valence-electron chi connectivity index (χ1n) is 4.19. The van der Waals surface area contributed by atoms with E-state index in [1.165, 1.54) is 0 Å². The van der Waals surface area contributed by atoms with E-state index in [4.69, 9.17) is 11.5 Å². The second kappa shape index (κ2) is 5.47. The van der Waals surface area contributed by atoms with Crippen molar-refractivity contribution in [2.75, 3.05) is 6.54 Å². The molecule has 0 spiro atoms. The van der Waals surface area contributed by atoms with Crippen molar-refractivity contribution in [3.8, 4) is 5.75 Å². The summed E-state index contributed by atoms with van der Waals surface area (Å²) in [5.41, 5.74) is 12.4. The summed E-state index contributed by atoms with van der Waals surface area (Å²) in [6.07, 6.45) is 0.761. The Kier molecular flexibility index (Phi) is 4.88. The fraction of sp³-hybridized carbons (Fsp3) is 0.333. The lowest BCUT2D eigenvalue weighted by Crippen LogP contribution is -2.15. The molecule has 0 saturated carbocycles. The lowest BCUT2D eigenvalue weighted by atomic mass is 10.1. The van der Waals surface area contributed by atoms with E-state index in [2.05, 4.69) is 45.2 Å². The molecule has 1 aromatic rings. The van der Waals surface area contributed by atoms with E-state index in [1.54, 1.807) is 0 Å². The Morgan fingerprint density at radius 1 is 1.29 bits per heavy atom. The number of hydrogen-bond donors (Lipinski definition) is 3. The van der Waals surface area contributed by atoms with Gasteiger partial charge < -0.3 is 16.6 Å². The second-order valence-corrected chi connectivity index (χ2v) is 5.34. The highest BCUT2D eigenvalue weighted by molar-refractivity contribution is 14.1. The quantitative estimate of drug-likeness (QED) is 0.658. The van der Waals surface area contributed by atoms with Gasteiger partial charge in [0.25, 0.3) is 0 Å². The van der Waals surface area contributed by atoms with Crippen molar-refractivity contribution in [1.29, 1.82) is 0 Å². The molecule has 1 atom stereocenters. The summed E-state index contributed by atoms with van der Waals surface area (Å²) < 4.78 is 1.66. The molecule has 3 nitrogen and oxygen atoms in total. The van der Waals surface area contributed by atoms with Crippen LogP contribution >= 0.6 is 45.2 Å². The minimum atomic E-state index is -0.0392. The third kappa shape index (κ3) is 2.94. The monoisotopic (exact) mass is 418 g/mol. The third-order valence-electron chi connectivity index (χ3n) is 1.95. The summed E-state index contributed by atoms with van der Waals surface area (Å²) in [6.45, 7) is 0.579. The highest BCUT2D eigenvalue weighted by atomic mass is 127. The van der Waals surface area contributed by atoms with E-state index >= 15 is 0 Å². The predicted molar refractivity (Wildman–Crippen MR) is 74.1 cm³/mol.